The van der Waals surface area contributed by atoms with Crippen molar-refractivity contribution in [2.24, 2.45) is 11.7 Å². The number of anilines is 1. The van der Waals surface area contributed by atoms with E-state index >= 15 is 0 Å². The van der Waals surface area contributed by atoms with Gasteiger partial charge in [-0.15, -0.1) is 0 Å². The van der Waals surface area contributed by atoms with Crippen molar-refractivity contribution >= 4 is 11.6 Å². The van der Waals surface area contributed by atoms with E-state index < -0.39 is 0 Å². The predicted molar refractivity (Wildman–Crippen MR) is 87.1 cm³/mol. The molecule has 1 heterocycles. The van der Waals surface area contributed by atoms with E-state index in [2.05, 4.69) is 15.3 Å². The average molecular weight is 312 g/mol. The number of carbonyl (C=O) groups is 1. The molecule has 1 fully saturated rings. The van der Waals surface area contributed by atoms with Crippen LogP contribution in [0.15, 0.2) is 42.9 Å². The molecular weight excluding hydrogens is 292 g/mol. The van der Waals surface area contributed by atoms with Gasteiger partial charge in [-0.05, 0) is 30.9 Å². The second-order valence-electron chi connectivity index (χ2n) is 5.78. The van der Waals surface area contributed by atoms with Gasteiger partial charge in [-0.3, -0.25) is 9.78 Å². The number of hydrogen-bond acceptors (Lipinski definition) is 5. The van der Waals surface area contributed by atoms with E-state index in [0.717, 1.165) is 19.3 Å². The third-order valence-corrected chi connectivity index (χ3v) is 4.05. The molecule has 0 aliphatic heterocycles. The molecule has 1 aromatic heterocycles. The summed E-state index contributed by atoms with van der Waals surface area (Å²) in [5.74, 6) is 1.28. The van der Waals surface area contributed by atoms with Gasteiger partial charge >= 0.3 is 0 Å². The summed E-state index contributed by atoms with van der Waals surface area (Å²) >= 11 is 0. The zero-order chi connectivity index (χ0) is 16.1. The standard InChI is InChI=1S/C17H20N4O2/c18-15-6-1-3-12(15)9-16(22)21-13-4-2-5-14(10-13)23-17-11-19-7-8-20-17/h2,4-5,7-8,10-12,15H,1,3,6,9,18H2,(H,21,22)/t12-,15+/m0/s1. The summed E-state index contributed by atoms with van der Waals surface area (Å²) in [6, 6.07) is 7.36. The topological polar surface area (TPSA) is 90.1 Å². The molecule has 6 heteroatoms. The fourth-order valence-corrected chi connectivity index (χ4v) is 2.87. The van der Waals surface area contributed by atoms with Gasteiger partial charge in [0.15, 0.2) is 0 Å². The molecular formula is C17H20N4O2. The molecule has 2 atom stereocenters. The van der Waals surface area contributed by atoms with Crippen LogP contribution in [0, 0.1) is 5.92 Å². The molecule has 1 aliphatic carbocycles. The third kappa shape index (κ3) is 4.26. The van der Waals surface area contributed by atoms with Crippen LogP contribution < -0.4 is 15.8 Å². The van der Waals surface area contributed by atoms with E-state index in [1.807, 2.05) is 12.1 Å². The second kappa shape index (κ2) is 7.19. The molecule has 6 nitrogen and oxygen atoms in total. The highest BCUT2D eigenvalue weighted by atomic mass is 16.5. The Labute approximate surface area is 135 Å². The van der Waals surface area contributed by atoms with Crippen molar-refractivity contribution in [3.63, 3.8) is 0 Å². The molecule has 0 bridgehead atoms. The summed E-state index contributed by atoms with van der Waals surface area (Å²) in [4.78, 5) is 20.2. The van der Waals surface area contributed by atoms with Gasteiger partial charge in [0.25, 0.3) is 0 Å². The van der Waals surface area contributed by atoms with Gasteiger partial charge in [0.05, 0.1) is 6.20 Å². The minimum Gasteiger partial charge on any atom is -0.437 e. The van der Waals surface area contributed by atoms with Gasteiger partial charge in [-0.2, -0.15) is 0 Å². The molecule has 1 saturated carbocycles. The largest absolute Gasteiger partial charge is 0.437 e. The molecule has 0 spiro atoms. The number of amides is 1. The lowest BCUT2D eigenvalue weighted by Gasteiger charge is -2.15. The number of nitrogens with two attached hydrogens (primary N) is 1. The maximum atomic E-state index is 12.2. The minimum atomic E-state index is -0.0102. The Morgan fingerprint density at radius 3 is 3.00 bits per heavy atom. The number of hydrogen-bond donors (Lipinski definition) is 2. The zero-order valence-corrected chi connectivity index (χ0v) is 12.8. The van der Waals surface area contributed by atoms with E-state index in [1.54, 1.807) is 24.5 Å². The summed E-state index contributed by atoms with van der Waals surface area (Å²) in [6.45, 7) is 0. The van der Waals surface area contributed by atoms with Crippen molar-refractivity contribution in [1.29, 1.82) is 0 Å². The highest BCUT2D eigenvalue weighted by Crippen LogP contribution is 2.27. The van der Waals surface area contributed by atoms with Crippen LogP contribution in [-0.4, -0.2) is 21.9 Å². The van der Waals surface area contributed by atoms with Crippen molar-refractivity contribution in [1.82, 2.24) is 9.97 Å². The normalized spacial score (nSPS) is 20.2. The summed E-state index contributed by atoms with van der Waals surface area (Å²) in [5.41, 5.74) is 6.72. The van der Waals surface area contributed by atoms with Crippen molar-refractivity contribution in [2.45, 2.75) is 31.7 Å². The number of rotatable bonds is 5. The van der Waals surface area contributed by atoms with Crippen molar-refractivity contribution < 1.29 is 9.53 Å². The van der Waals surface area contributed by atoms with Crippen LogP contribution in [0.1, 0.15) is 25.7 Å². The average Bonchev–Trinajstić information content (AvgIpc) is 2.93. The van der Waals surface area contributed by atoms with Crippen LogP contribution in [0.4, 0.5) is 5.69 Å². The second-order valence-corrected chi connectivity index (χ2v) is 5.78. The van der Waals surface area contributed by atoms with Gasteiger partial charge in [-0.1, -0.05) is 12.5 Å². The first-order valence-corrected chi connectivity index (χ1v) is 7.80. The Hall–Kier alpha value is -2.47. The number of aromatic nitrogens is 2. The Bertz CT molecular complexity index is 663. The predicted octanol–water partition coefficient (Wildman–Crippen LogP) is 2.72. The maximum Gasteiger partial charge on any atom is 0.237 e. The van der Waals surface area contributed by atoms with Gasteiger partial charge < -0.3 is 15.8 Å². The summed E-state index contributed by atoms with van der Waals surface area (Å²) < 4.78 is 5.61. The Morgan fingerprint density at radius 1 is 1.35 bits per heavy atom. The lowest BCUT2D eigenvalue weighted by Crippen LogP contribution is -2.28. The Balaban J connectivity index is 1.60. The number of nitrogens with zero attached hydrogens (tertiary/aromatic N) is 2. The van der Waals surface area contributed by atoms with Crippen LogP contribution in [0.25, 0.3) is 0 Å². The zero-order valence-electron chi connectivity index (χ0n) is 12.8. The van der Waals surface area contributed by atoms with Crippen molar-refractivity contribution in [2.75, 3.05) is 5.32 Å². The van der Waals surface area contributed by atoms with Gasteiger partial charge in [0, 0.05) is 36.6 Å². The minimum absolute atomic E-state index is 0.0102. The first kappa shape index (κ1) is 15.4. The van der Waals surface area contributed by atoms with Gasteiger partial charge in [-0.25, -0.2) is 4.98 Å². The van der Waals surface area contributed by atoms with Gasteiger partial charge in [0.2, 0.25) is 11.8 Å². The van der Waals surface area contributed by atoms with Gasteiger partial charge in [0.1, 0.15) is 5.75 Å². The molecule has 0 unspecified atom stereocenters. The highest BCUT2D eigenvalue weighted by Gasteiger charge is 2.26. The first-order chi connectivity index (χ1) is 11.2. The maximum absolute atomic E-state index is 12.2. The van der Waals surface area contributed by atoms with Crippen molar-refractivity contribution in [3.05, 3.63) is 42.9 Å². The van der Waals surface area contributed by atoms with E-state index in [-0.39, 0.29) is 17.9 Å². The molecule has 0 radical (unpaired) electrons. The van der Waals surface area contributed by atoms with E-state index in [4.69, 9.17) is 10.5 Å². The van der Waals surface area contributed by atoms with Crippen molar-refractivity contribution in [3.8, 4) is 11.6 Å². The fraction of sp³-hybridized carbons (Fsp3) is 0.353. The van der Waals surface area contributed by atoms with Crippen LogP contribution >= 0.6 is 0 Å². The van der Waals surface area contributed by atoms with Crippen LogP contribution in [0.5, 0.6) is 11.6 Å². The van der Waals surface area contributed by atoms with Crippen LogP contribution in [-0.2, 0) is 4.79 Å². The lowest BCUT2D eigenvalue weighted by atomic mass is 10.00. The molecule has 1 amide bonds. The molecule has 0 saturated heterocycles. The first-order valence-electron chi connectivity index (χ1n) is 7.80. The lowest BCUT2D eigenvalue weighted by molar-refractivity contribution is -0.117. The SMILES string of the molecule is N[C@@H]1CCC[C@H]1CC(=O)Nc1cccc(Oc2cnccn2)c1. The fourth-order valence-electron chi connectivity index (χ4n) is 2.87. The number of ether oxygens (including phenoxy) is 1. The number of carbonyl (C=O) groups excluding carboxylic acids is 1. The quantitative estimate of drug-likeness (QED) is 0.886. The molecule has 1 aliphatic rings. The van der Waals surface area contributed by atoms with Crippen LogP contribution in [0.2, 0.25) is 0 Å². The molecule has 23 heavy (non-hydrogen) atoms. The summed E-state index contributed by atoms with van der Waals surface area (Å²) in [6.07, 6.45) is 8.30. The number of benzene rings is 1. The van der Waals surface area contributed by atoms with E-state index in [9.17, 15) is 4.79 Å². The molecule has 3 N–H and O–H groups in total. The van der Waals surface area contributed by atoms with E-state index in [0.29, 0.717) is 23.7 Å². The monoisotopic (exact) mass is 312 g/mol. The molecule has 2 aromatic rings. The third-order valence-electron chi connectivity index (χ3n) is 4.05. The summed E-state index contributed by atoms with van der Waals surface area (Å²) in [7, 11) is 0. The van der Waals surface area contributed by atoms with Crippen LogP contribution in [0.3, 0.4) is 0 Å². The summed E-state index contributed by atoms with van der Waals surface area (Å²) in [5, 5.41) is 2.91. The molecule has 1 aromatic carbocycles. The smallest absolute Gasteiger partial charge is 0.237 e. The number of nitrogens with one attached hydrogen (secondary N) is 1. The molecule has 120 valence electrons. The Kier molecular flexibility index (Phi) is 4.83. The highest BCUT2D eigenvalue weighted by molar-refractivity contribution is 5.91. The Morgan fingerprint density at radius 2 is 2.26 bits per heavy atom. The van der Waals surface area contributed by atoms with E-state index in [1.165, 1.54) is 6.20 Å². The molecule has 3 rings (SSSR count).